The fourth-order valence-electron chi connectivity index (χ4n) is 2.60. The van der Waals surface area contributed by atoms with Crippen LogP contribution in [0.15, 0.2) is 18.2 Å². The molecule has 1 rings (SSSR count). The first-order chi connectivity index (χ1) is 10.1. The fourth-order valence-corrected chi connectivity index (χ4v) is 2.60. The molecular weight excluding hydrogens is 291 g/mol. The Morgan fingerprint density at radius 2 is 1.55 bits per heavy atom. The van der Waals surface area contributed by atoms with Gasteiger partial charge in [0.15, 0.2) is 0 Å². The van der Waals surface area contributed by atoms with Crippen molar-refractivity contribution in [2.75, 3.05) is 0 Å². The number of halogens is 3. The van der Waals surface area contributed by atoms with Crippen molar-refractivity contribution in [3.8, 4) is 5.75 Å². The molecule has 0 aliphatic rings. The normalized spacial score (nSPS) is 12.6. The molecule has 0 saturated carbocycles. The number of phenols is 1. The highest BCUT2D eigenvalue weighted by atomic mass is 19.4. The van der Waals surface area contributed by atoms with Gasteiger partial charge in [-0.1, -0.05) is 27.7 Å². The Morgan fingerprint density at radius 3 is 2.00 bits per heavy atom. The van der Waals surface area contributed by atoms with Crippen LogP contribution in [-0.2, 0) is 12.7 Å². The fraction of sp³-hybridized carbons (Fsp3) is 0.647. The van der Waals surface area contributed by atoms with Crippen molar-refractivity contribution in [1.29, 1.82) is 0 Å². The third kappa shape index (κ3) is 6.69. The zero-order valence-electron chi connectivity index (χ0n) is 13.7. The van der Waals surface area contributed by atoms with Crippen LogP contribution in [-0.4, -0.2) is 11.1 Å². The van der Waals surface area contributed by atoms with E-state index in [1.807, 2.05) is 0 Å². The van der Waals surface area contributed by atoms with Crippen LogP contribution in [0.4, 0.5) is 13.2 Å². The van der Waals surface area contributed by atoms with E-state index in [0.29, 0.717) is 23.9 Å². The lowest BCUT2D eigenvalue weighted by Gasteiger charge is -2.23. The Kier molecular flexibility index (Phi) is 6.72. The first-order valence-corrected chi connectivity index (χ1v) is 7.71. The second-order valence-corrected chi connectivity index (χ2v) is 6.72. The van der Waals surface area contributed by atoms with E-state index in [2.05, 4.69) is 33.0 Å². The van der Waals surface area contributed by atoms with E-state index in [0.717, 1.165) is 25.0 Å². The van der Waals surface area contributed by atoms with E-state index in [1.54, 1.807) is 0 Å². The zero-order chi connectivity index (χ0) is 16.9. The van der Waals surface area contributed by atoms with Gasteiger partial charge in [-0.25, -0.2) is 0 Å². The molecule has 0 aliphatic carbocycles. The zero-order valence-corrected chi connectivity index (χ0v) is 13.7. The monoisotopic (exact) mass is 317 g/mol. The van der Waals surface area contributed by atoms with Crippen molar-refractivity contribution >= 4 is 0 Å². The van der Waals surface area contributed by atoms with Crippen LogP contribution in [0.5, 0.6) is 5.75 Å². The Morgan fingerprint density at radius 1 is 1.00 bits per heavy atom. The third-order valence-electron chi connectivity index (χ3n) is 3.41. The number of nitrogens with one attached hydrogen (secondary N) is 1. The van der Waals surface area contributed by atoms with E-state index >= 15 is 0 Å². The second-order valence-electron chi connectivity index (χ2n) is 6.72. The quantitative estimate of drug-likeness (QED) is 0.745. The maximum Gasteiger partial charge on any atom is 0.416 e. The van der Waals surface area contributed by atoms with E-state index in [1.165, 1.54) is 6.07 Å². The minimum atomic E-state index is -4.44. The van der Waals surface area contributed by atoms with Crippen LogP contribution in [0.1, 0.15) is 51.7 Å². The molecule has 0 radical (unpaired) electrons. The minimum Gasteiger partial charge on any atom is -0.508 e. The van der Waals surface area contributed by atoms with E-state index < -0.39 is 11.7 Å². The van der Waals surface area contributed by atoms with Crippen LogP contribution < -0.4 is 5.32 Å². The summed E-state index contributed by atoms with van der Waals surface area (Å²) in [6, 6.07) is 3.48. The van der Waals surface area contributed by atoms with Gasteiger partial charge >= 0.3 is 6.18 Å². The molecule has 0 amide bonds. The van der Waals surface area contributed by atoms with Crippen molar-refractivity contribution in [2.45, 2.75) is 59.3 Å². The Balaban J connectivity index is 2.78. The standard InChI is InChI=1S/C17H26F3NO/c1-11(2)5-15(6-12(3)4)21-10-13-7-14(17(18,19)20)9-16(22)8-13/h7-9,11-12,15,21-22H,5-6,10H2,1-4H3. The molecule has 0 spiro atoms. The smallest absolute Gasteiger partial charge is 0.416 e. The summed E-state index contributed by atoms with van der Waals surface area (Å²) >= 11 is 0. The number of rotatable bonds is 7. The number of hydrogen-bond donors (Lipinski definition) is 2. The van der Waals surface area contributed by atoms with Crippen molar-refractivity contribution < 1.29 is 18.3 Å². The number of hydrogen-bond acceptors (Lipinski definition) is 2. The minimum absolute atomic E-state index is 0.261. The predicted molar refractivity (Wildman–Crippen MR) is 82.6 cm³/mol. The molecule has 0 bridgehead atoms. The van der Waals surface area contributed by atoms with Crippen molar-refractivity contribution in [2.24, 2.45) is 11.8 Å². The van der Waals surface area contributed by atoms with Gasteiger partial charge in [0.1, 0.15) is 5.75 Å². The topological polar surface area (TPSA) is 32.3 Å². The van der Waals surface area contributed by atoms with Crippen molar-refractivity contribution in [3.05, 3.63) is 29.3 Å². The number of alkyl halides is 3. The number of aromatic hydroxyl groups is 1. The van der Waals surface area contributed by atoms with Gasteiger partial charge in [-0.05, 0) is 48.4 Å². The van der Waals surface area contributed by atoms with Gasteiger partial charge in [0.25, 0.3) is 0 Å². The highest BCUT2D eigenvalue weighted by molar-refractivity contribution is 5.35. The van der Waals surface area contributed by atoms with Gasteiger partial charge in [-0.3, -0.25) is 0 Å². The lowest BCUT2D eigenvalue weighted by atomic mass is 9.95. The molecule has 1 aromatic carbocycles. The first kappa shape index (κ1) is 18.8. The SMILES string of the molecule is CC(C)CC(CC(C)C)NCc1cc(O)cc(C(F)(F)F)c1. The molecule has 126 valence electrons. The third-order valence-corrected chi connectivity index (χ3v) is 3.41. The van der Waals surface area contributed by atoms with Crippen LogP contribution in [0.3, 0.4) is 0 Å². The molecule has 0 unspecified atom stereocenters. The summed E-state index contributed by atoms with van der Waals surface area (Å²) in [5.41, 5.74) is -0.363. The summed E-state index contributed by atoms with van der Waals surface area (Å²) in [6.45, 7) is 8.84. The van der Waals surface area contributed by atoms with Crippen LogP contribution >= 0.6 is 0 Å². The molecule has 2 nitrogen and oxygen atoms in total. The molecule has 1 aromatic rings. The lowest BCUT2D eigenvalue weighted by molar-refractivity contribution is -0.137. The van der Waals surface area contributed by atoms with Crippen LogP contribution in [0, 0.1) is 11.8 Å². The number of phenolic OH excluding ortho intramolecular Hbond substituents is 1. The summed E-state index contributed by atoms with van der Waals surface area (Å²) in [5, 5.41) is 12.8. The summed E-state index contributed by atoms with van der Waals surface area (Å²) in [6.07, 6.45) is -2.49. The van der Waals surface area contributed by atoms with Crippen molar-refractivity contribution in [3.63, 3.8) is 0 Å². The molecule has 2 N–H and O–H groups in total. The molecule has 5 heteroatoms. The van der Waals surface area contributed by atoms with Gasteiger partial charge < -0.3 is 10.4 Å². The molecule has 0 heterocycles. The molecular formula is C17H26F3NO. The average molecular weight is 317 g/mol. The summed E-state index contributed by atoms with van der Waals surface area (Å²) in [5.74, 6) is 0.688. The highest BCUT2D eigenvalue weighted by Crippen LogP contribution is 2.32. The Labute approximate surface area is 130 Å². The summed E-state index contributed by atoms with van der Waals surface area (Å²) < 4.78 is 38.3. The van der Waals surface area contributed by atoms with E-state index in [-0.39, 0.29) is 11.8 Å². The Hall–Kier alpha value is -1.23. The average Bonchev–Trinajstić information content (AvgIpc) is 2.33. The van der Waals surface area contributed by atoms with Gasteiger partial charge in [0.05, 0.1) is 5.56 Å². The number of benzene rings is 1. The van der Waals surface area contributed by atoms with Gasteiger partial charge in [0, 0.05) is 12.6 Å². The van der Waals surface area contributed by atoms with Gasteiger partial charge in [-0.15, -0.1) is 0 Å². The maximum atomic E-state index is 12.8. The molecule has 22 heavy (non-hydrogen) atoms. The van der Waals surface area contributed by atoms with E-state index in [4.69, 9.17) is 0 Å². The van der Waals surface area contributed by atoms with Crippen molar-refractivity contribution in [1.82, 2.24) is 5.32 Å². The predicted octanol–water partition coefficient (Wildman–Crippen LogP) is 4.96. The molecule has 0 saturated heterocycles. The molecule has 0 aromatic heterocycles. The van der Waals surface area contributed by atoms with Gasteiger partial charge in [-0.2, -0.15) is 13.2 Å². The van der Waals surface area contributed by atoms with Crippen LogP contribution in [0.2, 0.25) is 0 Å². The summed E-state index contributed by atoms with van der Waals surface area (Å²) in [4.78, 5) is 0. The van der Waals surface area contributed by atoms with E-state index in [9.17, 15) is 18.3 Å². The molecule has 0 atom stereocenters. The Bertz CT molecular complexity index is 459. The largest absolute Gasteiger partial charge is 0.508 e. The maximum absolute atomic E-state index is 12.8. The molecule has 0 aliphatic heterocycles. The van der Waals surface area contributed by atoms with Gasteiger partial charge in [0.2, 0.25) is 0 Å². The first-order valence-electron chi connectivity index (χ1n) is 7.71. The lowest BCUT2D eigenvalue weighted by Crippen LogP contribution is -2.31. The van der Waals surface area contributed by atoms with Crippen LogP contribution in [0.25, 0.3) is 0 Å². The molecule has 0 fully saturated rings. The second kappa shape index (κ2) is 7.86. The summed E-state index contributed by atoms with van der Waals surface area (Å²) in [7, 11) is 0. The highest BCUT2D eigenvalue weighted by Gasteiger charge is 2.31.